The Hall–Kier alpha value is -1.77. The van der Waals surface area contributed by atoms with E-state index in [4.69, 9.17) is 0 Å². The molecule has 1 aliphatic carbocycles. The molecule has 0 amide bonds. The van der Waals surface area contributed by atoms with Crippen LogP contribution >= 0.6 is 0 Å². The average molecular weight is 315 g/mol. The molecule has 0 saturated heterocycles. The SMILES string of the molecule is CCC[C@H]1CC[C@H](c2ccc(-c3cnc(F)c(F)c3)cc2)CC1. The van der Waals surface area contributed by atoms with Gasteiger partial charge in [-0.15, -0.1) is 0 Å². The number of nitrogens with zero attached hydrogens (tertiary/aromatic N) is 1. The zero-order valence-corrected chi connectivity index (χ0v) is 13.6. The van der Waals surface area contributed by atoms with Crippen LogP contribution in [-0.4, -0.2) is 4.98 Å². The normalized spacial score (nSPS) is 21.3. The van der Waals surface area contributed by atoms with Gasteiger partial charge in [-0.05, 0) is 54.7 Å². The summed E-state index contributed by atoms with van der Waals surface area (Å²) >= 11 is 0. The summed E-state index contributed by atoms with van der Waals surface area (Å²) in [5.74, 6) is -0.404. The van der Waals surface area contributed by atoms with Gasteiger partial charge in [0.25, 0.3) is 0 Å². The minimum Gasteiger partial charge on any atom is -0.225 e. The lowest BCUT2D eigenvalue weighted by Crippen LogP contribution is -2.13. The molecule has 0 N–H and O–H groups in total. The molecular formula is C20H23F2N. The number of rotatable bonds is 4. The van der Waals surface area contributed by atoms with Crippen molar-refractivity contribution in [2.45, 2.75) is 51.4 Å². The van der Waals surface area contributed by atoms with Crippen LogP contribution in [0, 0.1) is 17.7 Å². The molecule has 0 radical (unpaired) electrons. The topological polar surface area (TPSA) is 12.9 Å². The van der Waals surface area contributed by atoms with E-state index in [1.54, 1.807) is 0 Å². The highest BCUT2D eigenvalue weighted by molar-refractivity contribution is 5.62. The maximum absolute atomic E-state index is 13.3. The van der Waals surface area contributed by atoms with Gasteiger partial charge in [0.1, 0.15) is 0 Å². The van der Waals surface area contributed by atoms with Gasteiger partial charge in [-0.3, -0.25) is 0 Å². The number of benzene rings is 1. The van der Waals surface area contributed by atoms with Crippen molar-refractivity contribution in [3.05, 3.63) is 53.9 Å². The van der Waals surface area contributed by atoms with Crippen LogP contribution in [0.25, 0.3) is 11.1 Å². The number of pyridine rings is 1. The largest absolute Gasteiger partial charge is 0.248 e. The van der Waals surface area contributed by atoms with Crippen molar-refractivity contribution < 1.29 is 8.78 Å². The second-order valence-corrected chi connectivity index (χ2v) is 6.62. The van der Waals surface area contributed by atoms with E-state index < -0.39 is 11.8 Å². The molecule has 0 aliphatic heterocycles. The summed E-state index contributed by atoms with van der Waals surface area (Å²) in [7, 11) is 0. The third-order valence-electron chi connectivity index (χ3n) is 5.06. The smallest absolute Gasteiger partial charge is 0.225 e. The number of halogens is 2. The fourth-order valence-corrected chi connectivity index (χ4v) is 3.72. The molecule has 1 aromatic heterocycles. The van der Waals surface area contributed by atoms with E-state index in [2.05, 4.69) is 24.0 Å². The lowest BCUT2D eigenvalue weighted by atomic mass is 9.77. The molecule has 1 fully saturated rings. The van der Waals surface area contributed by atoms with Crippen LogP contribution < -0.4 is 0 Å². The second kappa shape index (κ2) is 7.20. The lowest BCUT2D eigenvalue weighted by molar-refractivity contribution is 0.308. The molecule has 3 rings (SSSR count). The maximum atomic E-state index is 13.3. The third kappa shape index (κ3) is 3.77. The molecule has 3 heteroatoms. The minimum absolute atomic E-state index is 0.613. The monoisotopic (exact) mass is 315 g/mol. The predicted octanol–water partition coefficient (Wildman–Crippen LogP) is 6.10. The number of aromatic nitrogens is 1. The van der Waals surface area contributed by atoms with Gasteiger partial charge in [-0.1, -0.05) is 44.0 Å². The average Bonchev–Trinajstić information content (AvgIpc) is 2.59. The standard InChI is InChI=1S/C20H23F2N/c1-2-3-14-4-6-15(7-5-14)16-8-10-17(11-9-16)18-12-19(21)20(22)23-13-18/h8-15H,2-7H2,1H3/t14-,15-. The lowest BCUT2D eigenvalue weighted by Gasteiger charge is -2.28. The van der Waals surface area contributed by atoms with Crippen LogP contribution in [0.3, 0.4) is 0 Å². The first-order chi connectivity index (χ1) is 11.2. The van der Waals surface area contributed by atoms with Gasteiger partial charge in [-0.2, -0.15) is 4.39 Å². The fourth-order valence-electron chi connectivity index (χ4n) is 3.72. The van der Waals surface area contributed by atoms with Crippen LogP contribution in [0.2, 0.25) is 0 Å². The van der Waals surface area contributed by atoms with Crippen molar-refractivity contribution in [1.29, 1.82) is 0 Å². The Labute approximate surface area is 136 Å². The molecule has 0 atom stereocenters. The van der Waals surface area contributed by atoms with E-state index in [0.717, 1.165) is 11.5 Å². The third-order valence-corrected chi connectivity index (χ3v) is 5.06. The van der Waals surface area contributed by atoms with E-state index in [1.807, 2.05) is 12.1 Å². The Kier molecular flexibility index (Phi) is 5.04. The van der Waals surface area contributed by atoms with Crippen molar-refractivity contribution in [3.63, 3.8) is 0 Å². The number of hydrogen-bond acceptors (Lipinski definition) is 1. The summed E-state index contributed by atoms with van der Waals surface area (Å²) in [6, 6.07) is 9.43. The van der Waals surface area contributed by atoms with E-state index >= 15 is 0 Å². The van der Waals surface area contributed by atoms with Gasteiger partial charge in [0.2, 0.25) is 5.95 Å². The summed E-state index contributed by atoms with van der Waals surface area (Å²) in [6.45, 7) is 2.26. The molecule has 1 aromatic carbocycles. The predicted molar refractivity (Wildman–Crippen MR) is 89.2 cm³/mol. The van der Waals surface area contributed by atoms with Crippen molar-refractivity contribution in [3.8, 4) is 11.1 Å². The molecule has 0 spiro atoms. The zero-order valence-electron chi connectivity index (χ0n) is 13.6. The van der Waals surface area contributed by atoms with Gasteiger partial charge in [0, 0.05) is 11.8 Å². The Balaban J connectivity index is 1.69. The van der Waals surface area contributed by atoms with Gasteiger partial charge in [-0.25, -0.2) is 9.37 Å². The highest BCUT2D eigenvalue weighted by Crippen LogP contribution is 2.37. The summed E-state index contributed by atoms with van der Waals surface area (Å²) in [6.07, 6.45) is 9.19. The van der Waals surface area contributed by atoms with Gasteiger partial charge >= 0.3 is 0 Å². The highest BCUT2D eigenvalue weighted by atomic mass is 19.2. The van der Waals surface area contributed by atoms with Crippen LogP contribution in [0.4, 0.5) is 8.78 Å². The summed E-state index contributed by atoms with van der Waals surface area (Å²) in [4.78, 5) is 3.45. The van der Waals surface area contributed by atoms with Crippen molar-refractivity contribution in [1.82, 2.24) is 4.98 Å². The minimum atomic E-state index is -1.05. The van der Waals surface area contributed by atoms with Crippen LogP contribution in [0.15, 0.2) is 36.5 Å². The Bertz CT molecular complexity index is 643. The van der Waals surface area contributed by atoms with Gasteiger partial charge in [0.05, 0.1) is 0 Å². The molecule has 2 aromatic rings. The molecule has 1 heterocycles. The second-order valence-electron chi connectivity index (χ2n) is 6.62. The molecule has 1 nitrogen and oxygen atoms in total. The first-order valence-electron chi connectivity index (χ1n) is 8.58. The Morgan fingerprint density at radius 3 is 2.30 bits per heavy atom. The van der Waals surface area contributed by atoms with Gasteiger partial charge in [0.15, 0.2) is 5.82 Å². The summed E-state index contributed by atoms with van der Waals surface area (Å²) < 4.78 is 26.2. The first kappa shape index (κ1) is 16.1. The van der Waals surface area contributed by atoms with E-state index in [1.165, 1.54) is 56.4 Å². The quantitative estimate of drug-likeness (QED) is 0.621. The highest BCUT2D eigenvalue weighted by Gasteiger charge is 2.21. The van der Waals surface area contributed by atoms with Crippen molar-refractivity contribution in [2.24, 2.45) is 5.92 Å². The molecule has 1 saturated carbocycles. The summed E-state index contributed by atoms with van der Waals surface area (Å²) in [5, 5.41) is 0. The molecule has 1 aliphatic rings. The van der Waals surface area contributed by atoms with Gasteiger partial charge < -0.3 is 0 Å². The number of hydrogen-bond donors (Lipinski definition) is 0. The molecule has 0 unspecified atom stereocenters. The van der Waals surface area contributed by atoms with Crippen LogP contribution in [0.1, 0.15) is 56.9 Å². The molecule has 23 heavy (non-hydrogen) atoms. The zero-order chi connectivity index (χ0) is 16.2. The Morgan fingerprint density at radius 2 is 1.70 bits per heavy atom. The van der Waals surface area contributed by atoms with E-state index in [0.29, 0.717) is 11.5 Å². The van der Waals surface area contributed by atoms with E-state index in [-0.39, 0.29) is 0 Å². The van der Waals surface area contributed by atoms with Crippen molar-refractivity contribution in [2.75, 3.05) is 0 Å². The molecule has 0 bridgehead atoms. The Morgan fingerprint density at radius 1 is 1.00 bits per heavy atom. The summed E-state index contributed by atoms with van der Waals surface area (Å²) in [5.41, 5.74) is 2.85. The maximum Gasteiger partial charge on any atom is 0.248 e. The molecule has 122 valence electrons. The van der Waals surface area contributed by atoms with Crippen LogP contribution in [0.5, 0.6) is 0 Å². The van der Waals surface area contributed by atoms with Crippen LogP contribution in [-0.2, 0) is 0 Å². The van der Waals surface area contributed by atoms with E-state index in [9.17, 15) is 8.78 Å². The van der Waals surface area contributed by atoms with Crippen molar-refractivity contribution >= 4 is 0 Å². The fraction of sp³-hybridized carbons (Fsp3) is 0.450. The molecular weight excluding hydrogens is 292 g/mol. The first-order valence-corrected chi connectivity index (χ1v) is 8.58.